The number of unbranched alkanes of at least 4 members (excludes halogenated alkanes) is 1. The summed E-state index contributed by atoms with van der Waals surface area (Å²) in [5.74, 6) is 0. The summed E-state index contributed by atoms with van der Waals surface area (Å²) in [6, 6.07) is 2.08. The predicted molar refractivity (Wildman–Crippen MR) is 41.8 cm³/mol. The second-order valence-corrected chi connectivity index (χ2v) is 2.55. The van der Waals surface area contributed by atoms with E-state index in [9.17, 15) is 0 Å². The molecule has 0 radical (unpaired) electrons. The molecule has 0 bridgehead atoms. The highest BCUT2D eigenvalue weighted by atomic mass is 15.2. The van der Waals surface area contributed by atoms with Gasteiger partial charge in [0.1, 0.15) is 0 Å². The van der Waals surface area contributed by atoms with Gasteiger partial charge in [-0.1, -0.05) is 13.3 Å². The minimum atomic E-state index is 1.16. The Morgan fingerprint density at radius 2 is 2.40 bits per heavy atom. The summed E-state index contributed by atoms with van der Waals surface area (Å²) in [6.45, 7) is 2.20. The van der Waals surface area contributed by atoms with Crippen LogP contribution in [-0.4, -0.2) is 9.78 Å². The Balaban J connectivity index is 2.49. The zero-order chi connectivity index (χ0) is 7.40. The summed E-state index contributed by atoms with van der Waals surface area (Å²) in [4.78, 5) is 0. The van der Waals surface area contributed by atoms with Crippen LogP contribution in [0.5, 0.6) is 0 Å². The van der Waals surface area contributed by atoms with Crippen molar-refractivity contribution in [2.75, 3.05) is 0 Å². The SMILES string of the molecule is CCCCc1ccnn1C. The molecule has 0 atom stereocenters. The first-order chi connectivity index (χ1) is 4.84. The Morgan fingerprint density at radius 3 is 2.90 bits per heavy atom. The Hall–Kier alpha value is -0.790. The number of nitrogens with zero attached hydrogens (tertiary/aromatic N) is 2. The Bertz CT molecular complexity index is 191. The van der Waals surface area contributed by atoms with Crippen LogP contribution in [0.3, 0.4) is 0 Å². The van der Waals surface area contributed by atoms with Gasteiger partial charge in [0.15, 0.2) is 0 Å². The van der Waals surface area contributed by atoms with E-state index < -0.39 is 0 Å². The van der Waals surface area contributed by atoms with Crippen molar-refractivity contribution >= 4 is 0 Å². The van der Waals surface area contributed by atoms with Crippen LogP contribution in [-0.2, 0) is 13.5 Å². The first-order valence-electron chi connectivity index (χ1n) is 3.81. The minimum absolute atomic E-state index is 1.16. The number of aromatic nitrogens is 2. The van der Waals surface area contributed by atoms with Crippen molar-refractivity contribution in [2.45, 2.75) is 26.2 Å². The van der Waals surface area contributed by atoms with E-state index in [2.05, 4.69) is 18.1 Å². The predicted octanol–water partition coefficient (Wildman–Crippen LogP) is 1.76. The van der Waals surface area contributed by atoms with Crippen LogP contribution in [0, 0.1) is 0 Å². The van der Waals surface area contributed by atoms with E-state index in [1.807, 2.05) is 17.9 Å². The summed E-state index contributed by atoms with van der Waals surface area (Å²) in [6.07, 6.45) is 5.53. The van der Waals surface area contributed by atoms with Crippen LogP contribution in [0.4, 0.5) is 0 Å². The molecule has 1 heterocycles. The highest BCUT2D eigenvalue weighted by Crippen LogP contribution is 2.01. The van der Waals surface area contributed by atoms with Gasteiger partial charge < -0.3 is 0 Å². The van der Waals surface area contributed by atoms with Crippen LogP contribution >= 0.6 is 0 Å². The molecule has 0 aromatic carbocycles. The van der Waals surface area contributed by atoms with E-state index in [4.69, 9.17) is 0 Å². The van der Waals surface area contributed by atoms with Gasteiger partial charge in [-0.15, -0.1) is 0 Å². The summed E-state index contributed by atoms with van der Waals surface area (Å²) in [7, 11) is 1.99. The zero-order valence-electron chi connectivity index (χ0n) is 6.67. The van der Waals surface area contributed by atoms with Crippen LogP contribution < -0.4 is 0 Å². The molecule has 0 aliphatic rings. The van der Waals surface area contributed by atoms with Crippen molar-refractivity contribution in [1.82, 2.24) is 9.78 Å². The molecule has 1 aromatic rings. The van der Waals surface area contributed by atoms with Crippen LogP contribution in [0.25, 0.3) is 0 Å². The first kappa shape index (κ1) is 7.32. The number of hydrogen-bond acceptors (Lipinski definition) is 1. The standard InChI is InChI=1S/C8H14N2/c1-3-4-5-8-6-7-9-10(8)2/h6-7H,3-5H2,1-2H3. The molecule has 56 valence electrons. The van der Waals surface area contributed by atoms with Crippen molar-refractivity contribution in [3.63, 3.8) is 0 Å². The van der Waals surface area contributed by atoms with Gasteiger partial charge in [0, 0.05) is 18.9 Å². The summed E-state index contributed by atoms with van der Waals surface area (Å²) in [5.41, 5.74) is 1.34. The third-order valence-corrected chi connectivity index (χ3v) is 1.71. The van der Waals surface area contributed by atoms with E-state index in [0.29, 0.717) is 0 Å². The maximum absolute atomic E-state index is 4.09. The second kappa shape index (κ2) is 3.40. The lowest BCUT2D eigenvalue weighted by atomic mass is 10.2. The third kappa shape index (κ3) is 1.59. The molecule has 1 rings (SSSR count). The molecular weight excluding hydrogens is 124 g/mol. The molecule has 0 aliphatic carbocycles. The Morgan fingerprint density at radius 1 is 1.60 bits per heavy atom. The Labute approximate surface area is 61.9 Å². The molecule has 2 nitrogen and oxygen atoms in total. The van der Waals surface area contributed by atoms with Gasteiger partial charge in [0.05, 0.1) is 0 Å². The summed E-state index contributed by atoms with van der Waals surface area (Å²) in [5, 5.41) is 4.09. The lowest BCUT2D eigenvalue weighted by Crippen LogP contribution is -1.97. The van der Waals surface area contributed by atoms with Gasteiger partial charge >= 0.3 is 0 Å². The molecule has 0 fully saturated rings. The maximum Gasteiger partial charge on any atom is 0.0492 e. The lowest BCUT2D eigenvalue weighted by Gasteiger charge is -1.98. The van der Waals surface area contributed by atoms with Crippen molar-refractivity contribution < 1.29 is 0 Å². The van der Waals surface area contributed by atoms with Crippen LogP contribution in [0.15, 0.2) is 12.3 Å². The average Bonchev–Trinajstić information content (AvgIpc) is 2.31. The van der Waals surface area contributed by atoms with Crippen molar-refractivity contribution in [2.24, 2.45) is 7.05 Å². The summed E-state index contributed by atoms with van der Waals surface area (Å²) >= 11 is 0. The number of rotatable bonds is 3. The van der Waals surface area contributed by atoms with Crippen molar-refractivity contribution in [3.05, 3.63) is 18.0 Å². The van der Waals surface area contributed by atoms with Crippen LogP contribution in [0.2, 0.25) is 0 Å². The molecule has 2 heteroatoms. The Kier molecular flexibility index (Phi) is 2.49. The summed E-state index contributed by atoms with van der Waals surface area (Å²) < 4.78 is 1.94. The number of aryl methyl sites for hydroxylation is 2. The zero-order valence-corrected chi connectivity index (χ0v) is 6.67. The highest BCUT2D eigenvalue weighted by Gasteiger charge is 1.95. The molecule has 0 saturated heterocycles. The van der Waals surface area contributed by atoms with E-state index in [0.717, 1.165) is 6.42 Å². The van der Waals surface area contributed by atoms with E-state index >= 15 is 0 Å². The van der Waals surface area contributed by atoms with Gasteiger partial charge in [-0.05, 0) is 18.9 Å². The highest BCUT2D eigenvalue weighted by molar-refractivity contribution is 4.99. The van der Waals surface area contributed by atoms with E-state index in [1.165, 1.54) is 18.5 Å². The molecule has 0 aliphatic heterocycles. The molecule has 0 N–H and O–H groups in total. The lowest BCUT2D eigenvalue weighted by molar-refractivity contribution is 0.676. The molecule has 0 spiro atoms. The third-order valence-electron chi connectivity index (χ3n) is 1.71. The molecule has 0 amide bonds. The quantitative estimate of drug-likeness (QED) is 0.622. The van der Waals surface area contributed by atoms with Gasteiger partial charge in [-0.3, -0.25) is 4.68 Å². The van der Waals surface area contributed by atoms with Crippen molar-refractivity contribution in [1.29, 1.82) is 0 Å². The maximum atomic E-state index is 4.09. The second-order valence-electron chi connectivity index (χ2n) is 2.55. The van der Waals surface area contributed by atoms with Gasteiger partial charge in [-0.25, -0.2) is 0 Å². The fraction of sp³-hybridized carbons (Fsp3) is 0.625. The van der Waals surface area contributed by atoms with Crippen LogP contribution in [0.1, 0.15) is 25.5 Å². The molecule has 1 aromatic heterocycles. The van der Waals surface area contributed by atoms with Crippen molar-refractivity contribution in [3.8, 4) is 0 Å². The van der Waals surface area contributed by atoms with E-state index in [-0.39, 0.29) is 0 Å². The van der Waals surface area contributed by atoms with E-state index in [1.54, 1.807) is 0 Å². The molecule has 10 heavy (non-hydrogen) atoms. The number of hydrogen-bond donors (Lipinski definition) is 0. The monoisotopic (exact) mass is 138 g/mol. The first-order valence-corrected chi connectivity index (χ1v) is 3.81. The normalized spacial score (nSPS) is 10.2. The fourth-order valence-electron chi connectivity index (χ4n) is 1.00. The molecule has 0 saturated carbocycles. The fourth-order valence-corrected chi connectivity index (χ4v) is 1.00. The van der Waals surface area contributed by atoms with Gasteiger partial charge in [0.2, 0.25) is 0 Å². The molecule has 0 unspecified atom stereocenters. The van der Waals surface area contributed by atoms with Gasteiger partial charge in [-0.2, -0.15) is 5.10 Å². The minimum Gasteiger partial charge on any atom is -0.273 e. The average molecular weight is 138 g/mol. The molecular formula is C8H14N2. The topological polar surface area (TPSA) is 17.8 Å². The largest absolute Gasteiger partial charge is 0.273 e. The smallest absolute Gasteiger partial charge is 0.0492 e. The van der Waals surface area contributed by atoms with Gasteiger partial charge in [0.25, 0.3) is 0 Å².